The second kappa shape index (κ2) is 2.37. The van der Waals surface area contributed by atoms with Gasteiger partial charge in [-0.15, -0.1) is 11.8 Å². The topological polar surface area (TPSA) is 49.0 Å². The average Bonchev–Trinajstić information content (AvgIpc) is 2.12. The minimum absolute atomic E-state index is 0.417. The van der Waals surface area contributed by atoms with Gasteiger partial charge in [0.05, 0.1) is 0 Å². The lowest BCUT2D eigenvalue weighted by Gasteiger charge is -1.95. The number of nitrogens with one attached hydrogen (secondary N) is 1. The highest BCUT2D eigenvalue weighted by Crippen LogP contribution is 2.08. The average molecular weight is 132 g/mol. The summed E-state index contributed by atoms with van der Waals surface area (Å²) in [5, 5.41) is 12.8. The number of carbonyl (C=O) groups excluding carboxylic acids is 1. The molecule has 0 aliphatic carbocycles. The molecule has 1 radical (unpaired) electrons. The van der Waals surface area contributed by atoms with Crippen LogP contribution in [0, 0.1) is 0 Å². The van der Waals surface area contributed by atoms with E-state index in [2.05, 4.69) is 5.32 Å². The van der Waals surface area contributed by atoms with Gasteiger partial charge in [-0.2, -0.15) is 0 Å². The maximum atomic E-state index is 10.0. The van der Waals surface area contributed by atoms with Crippen molar-refractivity contribution in [1.82, 2.24) is 5.32 Å². The Kier molecular flexibility index (Phi) is 1.75. The number of thioether (sulfide) groups is 1. The molecule has 0 saturated carbocycles. The van der Waals surface area contributed by atoms with Crippen molar-refractivity contribution >= 4 is 17.7 Å². The molecule has 0 bridgehead atoms. The maximum absolute atomic E-state index is 10.0. The molecule has 45 valence electrons. The Bertz CT molecular complexity index is 100. The van der Waals surface area contributed by atoms with Crippen LogP contribution in [0.15, 0.2) is 0 Å². The van der Waals surface area contributed by atoms with E-state index in [1.807, 2.05) is 0 Å². The Hall–Kier alpha value is -0.220. The predicted octanol–water partition coefficient (Wildman–Crippen LogP) is -0.394. The third-order valence-corrected chi connectivity index (χ3v) is 1.94. The lowest BCUT2D eigenvalue weighted by molar-refractivity contribution is -0.144. The molecule has 8 heavy (non-hydrogen) atoms. The normalized spacial score (nSPS) is 28.2. The highest BCUT2D eigenvalue weighted by molar-refractivity contribution is 7.99. The summed E-state index contributed by atoms with van der Waals surface area (Å²) in [7, 11) is 0. The van der Waals surface area contributed by atoms with E-state index in [9.17, 15) is 9.90 Å². The van der Waals surface area contributed by atoms with Crippen LogP contribution in [0.1, 0.15) is 0 Å². The summed E-state index contributed by atoms with van der Waals surface area (Å²) in [5.41, 5.74) is 0. The molecule has 0 spiro atoms. The first-order valence-electron chi connectivity index (χ1n) is 2.32. The van der Waals surface area contributed by atoms with E-state index in [1.54, 1.807) is 11.8 Å². The van der Waals surface area contributed by atoms with Crippen LogP contribution >= 0.6 is 11.8 Å². The van der Waals surface area contributed by atoms with Crippen molar-refractivity contribution in [2.75, 3.05) is 11.6 Å². The fraction of sp³-hybridized carbons (Fsp3) is 0.750. The fourth-order valence-electron chi connectivity index (χ4n) is 0.547. The van der Waals surface area contributed by atoms with Crippen LogP contribution in [0.3, 0.4) is 0 Å². The predicted molar refractivity (Wildman–Crippen MR) is 29.9 cm³/mol. The highest BCUT2D eigenvalue weighted by Gasteiger charge is 2.22. The van der Waals surface area contributed by atoms with Gasteiger partial charge in [0.2, 0.25) is 0 Å². The molecular formula is C4H6NO2S. The Balaban J connectivity index is 2.35. The van der Waals surface area contributed by atoms with Gasteiger partial charge in [-0.3, -0.25) is 5.32 Å². The second-order valence-corrected chi connectivity index (χ2v) is 2.62. The molecule has 0 amide bonds. The van der Waals surface area contributed by atoms with Gasteiger partial charge in [0.15, 0.2) is 0 Å². The van der Waals surface area contributed by atoms with Gasteiger partial charge in [0.1, 0.15) is 6.04 Å². The van der Waals surface area contributed by atoms with Gasteiger partial charge in [-0.1, -0.05) is 0 Å². The van der Waals surface area contributed by atoms with E-state index in [0.717, 1.165) is 5.88 Å². The first-order chi connectivity index (χ1) is 3.80. The number of hydrogen-bond donors (Lipinski definition) is 1. The first-order valence-corrected chi connectivity index (χ1v) is 3.48. The fourth-order valence-corrected chi connectivity index (χ4v) is 1.47. The molecule has 1 aliphatic heterocycles. The molecule has 1 aliphatic rings. The molecule has 1 fully saturated rings. The minimum atomic E-state index is -0.991. The van der Waals surface area contributed by atoms with Crippen molar-refractivity contribution in [3.05, 3.63) is 0 Å². The molecule has 1 heterocycles. The molecular weight excluding hydrogens is 126 g/mol. The molecule has 1 rings (SSSR count). The zero-order valence-electron chi connectivity index (χ0n) is 4.22. The largest absolute Gasteiger partial charge is 0.373 e. The van der Waals surface area contributed by atoms with Crippen LogP contribution in [0.5, 0.6) is 0 Å². The zero-order valence-corrected chi connectivity index (χ0v) is 5.03. The molecule has 1 N–H and O–H groups in total. The molecule has 0 aromatic rings. The zero-order chi connectivity index (χ0) is 5.98. The molecule has 0 aromatic carbocycles. The van der Waals surface area contributed by atoms with Gasteiger partial charge in [0, 0.05) is 11.6 Å². The van der Waals surface area contributed by atoms with E-state index >= 15 is 0 Å². The van der Waals surface area contributed by atoms with Gasteiger partial charge >= 0.3 is 5.97 Å². The Morgan fingerprint density at radius 3 is 2.75 bits per heavy atom. The molecule has 0 aromatic heterocycles. The van der Waals surface area contributed by atoms with Crippen molar-refractivity contribution in [2.45, 2.75) is 6.04 Å². The van der Waals surface area contributed by atoms with E-state index in [1.165, 1.54) is 0 Å². The summed E-state index contributed by atoms with van der Waals surface area (Å²) < 4.78 is 0. The van der Waals surface area contributed by atoms with E-state index in [-0.39, 0.29) is 0 Å². The van der Waals surface area contributed by atoms with Crippen molar-refractivity contribution in [3.63, 3.8) is 0 Å². The van der Waals surface area contributed by atoms with Gasteiger partial charge in [0.25, 0.3) is 0 Å². The van der Waals surface area contributed by atoms with E-state index in [4.69, 9.17) is 0 Å². The molecule has 3 nitrogen and oxygen atoms in total. The van der Waals surface area contributed by atoms with Crippen LogP contribution in [-0.4, -0.2) is 23.6 Å². The summed E-state index contributed by atoms with van der Waals surface area (Å²) in [6.07, 6.45) is 0. The summed E-state index contributed by atoms with van der Waals surface area (Å²) in [5.74, 6) is 0.385. The smallest absolute Gasteiger partial charge is 0.294 e. The maximum Gasteiger partial charge on any atom is 0.373 e. The van der Waals surface area contributed by atoms with Crippen LogP contribution in [-0.2, 0) is 9.90 Å². The highest BCUT2D eigenvalue weighted by atomic mass is 32.2. The van der Waals surface area contributed by atoms with Crippen molar-refractivity contribution < 1.29 is 9.90 Å². The third kappa shape index (κ3) is 1.14. The number of hydrogen-bond acceptors (Lipinski definition) is 3. The summed E-state index contributed by atoms with van der Waals surface area (Å²) in [4.78, 5) is 10.0. The van der Waals surface area contributed by atoms with Gasteiger partial charge in [-0.05, 0) is 0 Å². The monoisotopic (exact) mass is 132 g/mol. The Labute approximate surface area is 51.5 Å². The second-order valence-electron chi connectivity index (χ2n) is 1.59. The Morgan fingerprint density at radius 2 is 2.50 bits per heavy atom. The number of carbonyl (C=O) groups is 1. The molecule has 4 heteroatoms. The van der Waals surface area contributed by atoms with Crippen molar-refractivity contribution in [3.8, 4) is 0 Å². The lowest BCUT2D eigenvalue weighted by atomic mass is 10.4. The van der Waals surface area contributed by atoms with Gasteiger partial charge < -0.3 is 0 Å². The van der Waals surface area contributed by atoms with Crippen LogP contribution in [0.25, 0.3) is 0 Å². The van der Waals surface area contributed by atoms with E-state index < -0.39 is 12.0 Å². The SMILES string of the molecule is [O]C(=O)C1CSCN1. The quantitative estimate of drug-likeness (QED) is 0.528. The lowest BCUT2D eigenvalue weighted by Crippen LogP contribution is -2.31. The van der Waals surface area contributed by atoms with Crippen LogP contribution in [0.2, 0.25) is 0 Å². The van der Waals surface area contributed by atoms with Crippen LogP contribution < -0.4 is 5.32 Å². The van der Waals surface area contributed by atoms with Crippen molar-refractivity contribution in [1.29, 1.82) is 0 Å². The number of rotatable bonds is 1. The minimum Gasteiger partial charge on any atom is -0.294 e. The first kappa shape index (κ1) is 5.91. The molecule has 1 atom stereocenters. The third-order valence-electron chi connectivity index (χ3n) is 1.00. The van der Waals surface area contributed by atoms with Crippen LogP contribution in [0.4, 0.5) is 0 Å². The van der Waals surface area contributed by atoms with E-state index in [0.29, 0.717) is 5.75 Å². The Morgan fingerprint density at radius 1 is 1.75 bits per heavy atom. The van der Waals surface area contributed by atoms with Crippen molar-refractivity contribution in [2.24, 2.45) is 0 Å². The summed E-state index contributed by atoms with van der Waals surface area (Å²) >= 11 is 1.58. The standard InChI is InChI=1S/C4H6NO2S/c6-4(7)3-1-8-2-5-3/h3,5H,1-2H2. The molecule has 1 saturated heterocycles. The summed E-state index contributed by atoms with van der Waals surface area (Å²) in [6, 6.07) is -0.417. The summed E-state index contributed by atoms with van der Waals surface area (Å²) in [6.45, 7) is 0. The van der Waals surface area contributed by atoms with Gasteiger partial charge in [-0.25, -0.2) is 9.90 Å². The molecule has 1 unspecified atom stereocenters.